The van der Waals surface area contributed by atoms with E-state index in [1.165, 1.54) is 66.4 Å². The van der Waals surface area contributed by atoms with Crippen LogP contribution in [0.2, 0.25) is 10.0 Å². The molecule has 4 rings (SSSR count). The van der Waals surface area contributed by atoms with Gasteiger partial charge in [-0.1, -0.05) is 47.1 Å². The van der Waals surface area contributed by atoms with Gasteiger partial charge in [-0.05, 0) is 48.0 Å². The van der Waals surface area contributed by atoms with Gasteiger partial charge in [-0.25, -0.2) is 17.5 Å². The van der Waals surface area contributed by atoms with Gasteiger partial charge in [0.05, 0.1) is 16.5 Å². The maximum Gasteiger partial charge on any atom is 0.269 e. The van der Waals surface area contributed by atoms with Crippen molar-refractivity contribution < 1.29 is 17.7 Å². The Morgan fingerprint density at radius 2 is 1.72 bits per heavy atom. The van der Waals surface area contributed by atoms with Crippen LogP contribution in [0.25, 0.3) is 5.69 Å². The van der Waals surface area contributed by atoms with Crippen molar-refractivity contribution in [3.8, 4) is 5.69 Å². The van der Waals surface area contributed by atoms with Gasteiger partial charge in [0.1, 0.15) is 10.7 Å². The molecule has 0 saturated carbocycles. The Balaban J connectivity index is 1.64. The summed E-state index contributed by atoms with van der Waals surface area (Å²) >= 11 is 13.3. The minimum absolute atomic E-state index is 0.000668. The number of hydrogen-bond donors (Lipinski definition) is 1. The van der Waals surface area contributed by atoms with E-state index in [-0.39, 0.29) is 38.8 Å². The van der Waals surface area contributed by atoms with Gasteiger partial charge in [0, 0.05) is 28.6 Å². The average molecular weight is 568 g/mol. The van der Waals surface area contributed by atoms with Gasteiger partial charge in [0.25, 0.3) is 5.69 Å². The molecule has 0 spiro atoms. The molecule has 1 N–H and O–H groups in total. The lowest BCUT2D eigenvalue weighted by Crippen LogP contribution is -2.25. The first-order chi connectivity index (χ1) is 17.1. The number of sulfonamides is 1. The molecule has 0 aliphatic rings. The Bertz CT molecular complexity index is 1510. The number of rotatable bonds is 9. The average Bonchev–Trinajstić information content (AvgIpc) is 3.26. The molecule has 0 saturated heterocycles. The molecule has 0 aliphatic carbocycles. The van der Waals surface area contributed by atoms with E-state index in [4.69, 9.17) is 23.2 Å². The molecule has 0 radical (unpaired) electrons. The van der Waals surface area contributed by atoms with Crippen molar-refractivity contribution >= 4 is 50.7 Å². The standard InChI is InChI=1S/C22H16Cl2FN5O4S2/c23-15-3-10-19(24)20(11-15)36(33,34)26-12-21-27-28-22(35-13-14-1-4-16(25)5-2-14)29(21)17-6-8-18(9-7-17)30(31)32/h1-11,26H,12-13H2. The second-order valence-corrected chi connectivity index (χ2v) is 10.8. The first-order valence-corrected chi connectivity index (χ1v) is 13.4. The molecule has 3 aromatic carbocycles. The van der Waals surface area contributed by atoms with E-state index in [1.807, 2.05) is 0 Å². The fourth-order valence-corrected chi connectivity index (χ4v) is 5.81. The van der Waals surface area contributed by atoms with Gasteiger partial charge in [-0.3, -0.25) is 14.7 Å². The maximum absolute atomic E-state index is 13.2. The molecule has 4 aromatic rings. The third-order valence-electron chi connectivity index (χ3n) is 4.90. The van der Waals surface area contributed by atoms with Gasteiger partial charge >= 0.3 is 0 Å². The maximum atomic E-state index is 13.2. The lowest BCUT2D eigenvalue weighted by Gasteiger charge is -2.12. The number of nitro groups is 1. The summed E-state index contributed by atoms with van der Waals surface area (Å²) in [4.78, 5) is 10.3. The second kappa shape index (κ2) is 10.9. The number of thioether (sulfide) groups is 1. The minimum Gasteiger partial charge on any atom is -0.273 e. The lowest BCUT2D eigenvalue weighted by molar-refractivity contribution is -0.384. The Hall–Kier alpha value is -3.03. The largest absolute Gasteiger partial charge is 0.273 e. The van der Waals surface area contributed by atoms with Crippen molar-refractivity contribution in [2.24, 2.45) is 0 Å². The van der Waals surface area contributed by atoms with Crippen molar-refractivity contribution in [1.29, 1.82) is 0 Å². The first-order valence-electron chi connectivity index (χ1n) is 10.1. The quantitative estimate of drug-likeness (QED) is 0.163. The molecule has 36 heavy (non-hydrogen) atoms. The first kappa shape index (κ1) is 26.0. The second-order valence-electron chi connectivity index (χ2n) is 7.32. The summed E-state index contributed by atoms with van der Waals surface area (Å²) in [5.74, 6) is 0.300. The highest BCUT2D eigenvalue weighted by molar-refractivity contribution is 7.98. The molecule has 14 heteroatoms. The van der Waals surface area contributed by atoms with E-state index in [2.05, 4.69) is 14.9 Å². The summed E-state index contributed by atoms with van der Waals surface area (Å²) in [6, 6.07) is 15.7. The van der Waals surface area contributed by atoms with E-state index < -0.39 is 14.9 Å². The number of hydrogen-bond acceptors (Lipinski definition) is 7. The van der Waals surface area contributed by atoms with Crippen molar-refractivity contribution in [3.63, 3.8) is 0 Å². The van der Waals surface area contributed by atoms with Crippen LogP contribution in [0.3, 0.4) is 0 Å². The van der Waals surface area contributed by atoms with Gasteiger partial charge in [-0.2, -0.15) is 0 Å². The summed E-state index contributed by atoms with van der Waals surface area (Å²) in [6.07, 6.45) is 0. The Morgan fingerprint density at radius 1 is 1.03 bits per heavy atom. The molecule has 1 heterocycles. The molecule has 0 aliphatic heterocycles. The highest BCUT2D eigenvalue weighted by atomic mass is 35.5. The molecule has 0 fully saturated rings. The SMILES string of the molecule is O=[N+]([O-])c1ccc(-n2c(CNS(=O)(=O)c3cc(Cl)ccc3Cl)nnc2SCc2ccc(F)cc2)cc1. The predicted molar refractivity (Wildman–Crippen MR) is 134 cm³/mol. The smallest absolute Gasteiger partial charge is 0.269 e. The highest BCUT2D eigenvalue weighted by Gasteiger charge is 2.22. The van der Waals surface area contributed by atoms with Crippen LogP contribution in [0.1, 0.15) is 11.4 Å². The van der Waals surface area contributed by atoms with E-state index in [0.717, 1.165) is 5.56 Å². The normalized spacial score (nSPS) is 11.5. The number of nitrogens with one attached hydrogen (secondary N) is 1. The number of benzene rings is 3. The van der Waals surface area contributed by atoms with Crippen LogP contribution in [0.5, 0.6) is 0 Å². The van der Waals surface area contributed by atoms with E-state index in [9.17, 15) is 22.9 Å². The number of halogens is 3. The van der Waals surface area contributed by atoms with Crippen molar-refractivity contribution in [2.45, 2.75) is 22.3 Å². The summed E-state index contributed by atoms with van der Waals surface area (Å²) < 4.78 is 43.0. The zero-order chi connectivity index (χ0) is 25.9. The molecule has 0 atom stereocenters. The third-order valence-corrected chi connectivity index (χ3v) is 8.02. The molecule has 0 bridgehead atoms. The fraction of sp³-hybridized carbons (Fsp3) is 0.0909. The van der Waals surface area contributed by atoms with Crippen molar-refractivity contribution in [3.05, 3.63) is 104 Å². The van der Waals surface area contributed by atoms with Gasteiger partial charge in [0.15, 0.2) is 11.0 Å². The van der Waals surface area contributed by atoms with E-state index in [1.54, 1.807) is 16.7 Å². The third kappa shape index (κ3) is 6.02. The van der Waals surface area contributed by atoms with Crippen LogP contribution in [0.4, 0.5) is 10.1 Å². The van der Waals surface area contributed by atoms with E-state index >= 15 is 0 Å². The topological polar surface area (TPSA) is 120 Å². The number of non-ortho nitro benzene ring substituents is 1. The number of nitrogens with zero attached hydrogens (tertiary/aromatic N) is 4. The molecule has 9 nitrogen and oxygen atoms in total. The van der Waals surface area contributed by atoms with E-state index in [0.29, 0.717) is 16.6 Å². The zero-order valence-electron chi connectivity index (χ0n) is 18.1. The van der Waals surface area contributed by atoms with Crippen LogP contribution in [-0.2, 0) is 22.3 Å². The van der Waals surface area contributed by atoms with Gasteiger partial charge in [0.2, 0.25) is 10.0 Å². The molecular formula is C22H16Cl2FN5O4S2. The van der Waals surface area contributed by atoms with Crippen molar-refractivity contribution in [2.75, 3.05) is 0 Å². The molecule has 186 valence electrons. The number of nitro benzene ring substituents is 1. The monoisotopic (exact) mass is 567 g/mol. The Kier molecular flexibility index (Phi) is 7.91. The summed E-state index contributed by atoms with van der Waals surface area (Å²) in [7, 11) is -4.06. The Morgan fingerprint density at radius 3 is 2.39 bits per heavy atom. The highest BCUT2D eigenvalue weighted by Crippen LogP contribution is 2.28. The fourth-order valence-electron chi connectivity index (χ4n) is 3.14. The van der Waals surface area contributed by atoms with Crippen LogP contribution < -0.4 is 4.72 Å². The summed E-state index contributed by atoms with van der Waals surface area (Å²) in [5.41, 5.74) is 1.21. The van der Waals surface area contributed by atoms with Crippen LogP contribution in [0, 0.1) is 15.9 Å². The van der Waals surface area contributed by atoms with Crippen LogP contribution >= 0.6 is 35.0 Å². The number of aromatic nitrogens is 3. The lowest BCUT2D eigenvalue weighted by atomic mass is 10.2. The van der Waals surface area contributed by atoms with Crippen LogP contribution in [-0.4, -0.2) is 28.1 Å². The molecule has 0 unspecified atom stereocenters. The molecule has 1 aromatic heterocycles. The van der Waals surface area contributed by atoms with Gasteiger partial charge < -0.3 is 0 Å². The Labute approximate surface area is 219 Å². The predicted octanol–water partition coefficient (Wildman–Crippen LogP) is 5.39. The summed E-state index contributed by atoms with van der Waals surface area (Å²) in [6.45, 7) is -0.258. The van der Waals surface area contributed by atoms with Crippen LogP contribution in [0.15, 0.2) is 76.8 Å². The van der Waals surface area contributed by atoms with Gasteiger partial charge in [-0.15, -0.1) is 10.2 Å². The summed E-state index contributed by atoms with van der Waals surface area (Å²) in [5, 5.41) is 20.0. The molecular weight excluding hydrogens is 552 g/mol. The molecule has 0 amide bonds. The zero-order valence-corrected chi connectivity index (χ0v) is 21.3. The van der Waals surface area contributed by atoms with Crippen molar-refractivity contribution in [1.82, 2.24) is 19.5 Å². The minimum atomic E-state index is -4.06.